The number of carbonyl (C=O) groups is 1. The predicted molar refractivity (Wildman–Crippen MR) is 101 cm³/mol. The molecule has 7 nitrogen and oxygen atoms in total. The second kappa shape index (κ2) is 8.88. The van der Waals surface area contributed by atoms with Crippen LogP contribution in [0.25, 0.3) is 0 Å². The van der Waals surface area contributed by atoms with Crippen LogP contribution in [0.4, 0.5) is 5.69 Å². The van der Waals surface area contributed by atoms with E-state index in [1.165, 1.54) is 19.2 Å². The maximum atomic E-state index is 11.9. The van der Waals surface area contributed by atoms with Gasteiger partial charge in [-0.05, 0) is 42.3 Å². The third kappa shape index (κ3) is 5.91. The first-order valence-corrected chi connectivity index (χ1v) is 9.68. The second-order valence-electron chi connectivity index (χ2n) is 5.49. The number of primary sulfonamides is 1. The van der Waals surface area contributed by atoms with Crippen LogP contribution in [0, 0.1) is 0 Å². The fraction of sp³-hybridized carbons (Fsp3) is 0.235. The maximum Gasteiger partial charge on any atom is 0.239 e. The van der Waals surface area contributed by atoms with Gasteiger partial charge in [0.15, 0.2) is 0 Å². The highest BCUT2D eigenvalue weighted by atomic mass is 35.5. The number of nitrogens with two attached hydrogens (primary N) is 1. The van der Waals surface area contributed by atoms with E-state index < -0.39 is 10.0 Å². The molecule has 0 spiro atoms. The van der Waals surface area contributed by atoms with Crippen LogP contribution in [0.1, 0.15) is 5.56 Å². The quantitative estimate of drug-likeness (QED) is 0.628. The third-order valence-corrected chi connectivity index (χ3v) is 4.82. The SMILES string of the molecule is COc1ccc(NCC(=O)NCCc2ccc(S(N)(=O)=O)cc2)cc1Cl. The number of sulfonamides is 1. The molecule has 1 amide bonds. The summed E-state index contributed by atoms with van der Waals surface area (Å²) in [6, 6.07) is 11.4. The number of halogens is 1. The fourth-order valence-electron chi connectivity index (χ4n) is 2.21. The van der Waals surface area contributed by atoms with Gasteiger partial charge in [-0.3, -0.25) is 4.79 Å². The lowest BCUT2D eigenvalue weighted by Gasteiger charge is -2.10. The van der Waals surface area contributed by atoms with E-state index in [1.807, 2.05) is 0 Å². The first kappa shape index (κ1) is 20.0. The number of carbonyl (C=O) groups excluding carboxylic acids is 1. The third-order valence-electron chi connectivity index (χ3n) is 3.59. The summed E-state index contributed by atoms with van der Waals surface area (Å²) in [6.45, 7) is 0.533. The van der Waals surface area contributed by atoms with Crippen LogP contribution >= 0.6 is 11.6 Å². The molecule has 0 atom stereocenters. The van der Waals surface area contributed by atoms with Gasteiger partial charge in [0, 0.05) is 12.2 Å². The van der Waals surface area contributed by atoms with Crippen molar-refractivity contribution in [2.24, 2.45) is 5.14 Å². The van der Waals surface area contributed by atoms with Crippen molar-refractivity contribution in [1.29, 1.82) is 0 Å². The van der Waals surface area contributed by atoms with Crippen molar-refractivity contribution in [1.82, 2.24) is 5.32 Å². The van der Waals surface area contributed by atoms with Crippen molar-refractivity contribution in [3.05, 3.63) is 53.1 Å². The molecule has 0 aliphatic heterocycles. The molecule has 0 bridgehead atoms. The van der Waals surface area contributed by atoms with Gasteiger partial charge < -0.3 is 15.4 Å². The summed E-state index contributed by atoms with van der Waals surface area (Å²) >= 11 is 6.02. The largest absolute Gasteiger partial charge is 0.495 e. The normalized spacial score (nSPS) is 11.0. The molecule has 0 fully saturated rings. The molecule has 9 heteroatoms. The Morgan fingerprint density at radius 1 is 1.19 bits per heavy atom. The number of benzene rings is 2. The van der Waals surface area contributed by atoms with Crippen molar-refractivity contribution in [3.8, 4) is 5.75 Å². The Labute approximate surface area is 157 Å². The van der Waals surface area contributed by atoms with Crippen molar-refractivity contribution in [2.45, 2.75) is 11.3 Å². The van der Waals surface area contributed by atoms with E-state index in [2.05, 4.69) is 10.6 Å². The molecule has 4 N–H and O–H groups in total. The Hall–Kier alpha value is -2.29. The molecule has 2 aromatic rings. The van der Waals surface area contributed by atoms with Crippen LogP contribution < -0.4 is 20.5 Å². The van der Waals surface area contributed by atoms with Gasteiger partial charge in [-0.2, -0.15) is 0 Å². The lowest BCUT2D eigenvalue weighted by molar-refractivity contribution is -0.119. The lowest BCUT2D eigenvalue weighted by Crippen LogP contribution is -2.31. The molecular formula is C17H20ClN3O4S. The summed E-state index contributed by atoms with van der Waals surface area (Å²) in [6.07, 6.45) is 0.574. The summed E-state index contributed by atoms with van der Waals surface area (Å²) in [5, 5.41) is 11.3. The van der Waals surface area contributed by atoms with Gasteiger partial charge in [0.2, 0.25) is 15.9 Å². The molecule has 2 aromatic carbocycles. The summed E-state index contributed by atoms with van der Waals surface area (Å²) in [5.41, 5.74) is 1.61. The standard InChI is InChI=1S/C17H20ClN3O4S/c1-25-16-7-4-13(10-15(16)18)21-11-17(22)20-9-8-12-2-5-14(6-3-12)26(19,23)24/h2-7,10,21H,8-9,11H2,1H3,(H,20,22)(H2,19,23,24). The molecule has 140 valence electrons. The van der Waals surface area contributed by atoms with E-state index in [9.17, 15) is 13.2 Å². The van der Waals surface area contributed by atoms with E-state index in [0.717, 1.165) is 5.56 Å². The van der Waals surface area contributed by atoms with Crippen LogP contribution in [-0.4, -0.2) is 34.5 Å². The second-order valence-corrected chi connectivity index (χ2v) is 7.46. The number of rotatable bonds is 8. The van der Waals surface area contributed by atoms with Gasteiger partial charge in [-0.25, -0.2) is 13.6 Å². The molecule has 0 unspecified atom stereocenters. The van der Waals surface area contributed by atoms with Gasteiger partial charge in [0.25, 0.3) is 0 Å². The van der Waals surface area contributed by atoms with E-state index in [1.54, 1.807) is 30.3 Å². The Morgan fingerprint density at radius 2 is 1.88 bits per heavy atom. The first-order valence-electron chi connectivity index (χ1n) is 7.75. The molecule has 0 aliphatic rings. The molecule has 2 rings (SSSR count). The lowest BCUT2D eigenvalue weighted by atomic mass is 10.1. The molecule has 0 aliphatic carbocycles. The summed E-state index contributed by atoms with van der Waals surface area (Å²) in [7, 11) is -2.16. The zero-order valence-corrected chi connectivity index (χ0v) is 15.7. The highest BCUT2D eigenvalue weighted by Crippen LogP contribution is 2.26. The number of anilines is 1. The Balaban J connectivity index is 1.76. The van der Waals surface area contributed by atoms with Crippen molar-refractivity contribution in [2.75, 3.05) is 25.5 Å². The van der Waals surface area contributed by atoms with Crippen LogP contribution in [-0.2, 0) is 21.2 Å². The summed E-state index contributed by atoms with van der Waals surface area (Å²) < 4.78 is 27.5. The fourth-order valence-corrected chi connectivity index (χ4v) is 2.99. The first-order chi connectivity index (χ1) is 12.3. The summed E-state index contributed by atoms with van der Waals surface area (Å²) in [4.78, 5) is 11.9. The highest BCUT2D eigenvalue weighted by Gasteiger charge is 2.07. The molecule has 0 heterocycles. The number of ether oxygens (including phenoxy) is 1. The molecular weight excluding hydrogens is 378 g/mol. The van der Waals surface area contributed by atoms with Gasteiger partial charge in [0.1, 0.15) is 5.75 Å². The Morgan fingerprint density at radius 3 is 2.46 bits per heavy atom. The average molecular weight is 398 g/mol. The molecule has 0 saturated heterocycles. The average Bonchev–Trinajstić information content (AvgIpc) is 2.60. The van der Waals surface area contributed by atoms with Crippen molar-refractivity contribution in [3.63, 3.8) is 0 Å². The minimum Gasteiger partial charge on any atom is -0.495 e. The van der Waals surface area contributed by atoms with E-state index in [4.69, 9.17) is 21.5 Å². The van der Waals surface area contributed by atoms with Gasteiger partial charge in [-0.15, -0.1) is 0 Å². The molecule has 0 saturated carbocycles. The molecule has 26 heavy (non-hydrogen) atoms. The van der Waals surface area contributed by atoms with Gasteiger partial charge >= 0.3 is 0 Å². The van der Waals surface area contributed by atoms with Crippen molar-refractivity contribution >= 4 is 33.2 Å². The minimum absolute atomic E-state index is 0.0626. The summed E-state index contributed by atoms with van der Waals surface area (Å²) in [5.74, 6) is 0.396. The smallest absolute Gasteiger partial charge is 0.239 e. The Bertz CT molecular complexity index is 870. The Kier molecular flexibility index (Phi) is 6.84. The van der Waals surface area contributed by atoms with E-state index in [-0.39, 0.29) is 17.3 Å². The predicted octanol–water partition coefficient (Wildman–Crippen LogP) is 1.77. The number of methoxy groups -OCH3 is 1. The van der Waals surface area contributed by atoms with Crippen molar-refractivity contribution < 1.29 is 17.9 Å². The highest BCUT2D eigenvalue weighted by molar-refractivity contribution is 7.89. The van der Waals surface area contributed by atoms with Gasteiger partial charge in [-0.1, -0.05) is 23.7 Å². The monoisotopic (exact) mass is 397 g/mol. The van der Waals surface area contributed by atoms with Crippen LogP contribution in [0.3, 0.4) is 0 Å². The van der Waals surface area contributed by atoms with Crippen LogP contribution in [0.2, 0.25) is 5.02 Å². The number of hydrogen-bond donors (Lipinski definition) is 3. The zero-order valence-electron chi connectivity index (χ0n) is 14.2. The van der Waals surface area contributed by atoms with Crippen LogP contribution in [0.5, 0.6) is 5.75 Å². The van der Waals surface area contributed by atoms with Gasteiger partial charge in [0.05, 0.1) is 23.6 Å². The van der Waals surface area contributed by atoms with Crippen LogP contribution in [0.15, 0.2) is 47.4 Å². The number of amides is 1. The zero-order chi connectivity index (χ0) is 19.2. The number of nitrogens with one attached hydrogen (secondary N) is 2. The van der Waals surface area contributed by atoms with E-state index in [0.29, 0.717) is 29.4 Å². The number of hydrogen-bond acceptors (Lipinski definition) is 5. The minimum atomic E-state index is -3.69. The van der Waals surface area contributed by atoms with E-state index >= 15 is 0 Å². The topological polar surface area (TPSA) is 111 Å². The maximum absolute atomic E-state index is 11.9. The molecule has 0 radical (unpaired) electrons. The molecule has 0 aromatic heterocycles.